The highest BCUT2D eigenvalue weighted by Gasteiger charge is 2.17. The number of rotatable bonds is 5. The summed E-state index contributed by atoms with van der Waals surface area (Å²) in [6.45, 7) is 2.31. The molecule has 0 spiro atoms. The molecule has 0 fully saturated rings. The first kappa shape index (κ1) is 16.5. The van der Waals surface area contributed by atoms with Crippen molar-refractivity contribution in [2.75, 3.05) is 0 Å². The standard InChI is InChI=1S/C15H15BrClNO2S/c1-2-11-3-5-12(6-4-11)10-18-21(19,20)15-8-7-13(16)9-14(15)17/h3-9,18H,2,10H2,1H3. The summed E-state index contributed by atoms with van der Waals surface area (Å²) in [7, 11) is -3.62. The fourth-order valence-corrected chi connectivity index (χ4v) is 3.90. The SMILES string of the molecule is CCc1ccc(CNS(=O)(=O)c2ccc(Br)cc2Cl)cc1. The minimum atomic E-state index is -3.62. The van der Waals surface area contributed by atoms with E-state index in [4.69, 9.17) is 11.6 Å². The third-order valence-electron chi connectivity index (χ3n) is 3.08. The second-order valence-corrected chi connectivity index (χ2v) is 7.63. The van der Waals surface area contributed by atoms with Gasteiger partial charge in [-0.25, -0.2) is 13.1 Å². The van der Waals surface area contributed by atoms with Crippen LogP contribution in [0.2, 0.25) is 5.02 Å². The summed E-state index contributed by atoms with van der Waals surface area (Å²) in [6.07, 6.45) is 0.959. The second-order valence-electron chi connectivity index (χ2n) is 4.57. The molecule has 2 aromatic rings. The highest BCUT2D eigenvalue weighted by atomic mass is 79.9. The maximum Gasteiger partial charge on any atom is 0.242 e. The monoisotopic (exact) mass is 387 g/mol. The first-order valence-corrected chi connectivity index (χ1v) is 9.10. The first-order chi connectivity index (χ1) is 9.92. The molecular weight excluding hydrogens is 374 g/mol. The number of nitrogens with one attached hydrogen (secondary N) is 1. The van der Waals surface area contributed by atoms with Crippen LogP contribution >= 0.6 is 27.5 Å². The van der Waals surface area contributed by atoms with Crippen molar-refractivity contribution in [1.29, 1.82) is 0 Å². The van der Waals surface area contributed by atoms with E-state index in [1.54, 1.807) is 12.1 Å². The third-order valence-corrected chi connectivity index (χ3v) is 5.46. The molecule has 0 radical (unpaired) electrons. The van der Waals surface area contributed by atoms with Crippen LogP contribution in [0.25, 0.3) is 0 Å². The molecule has 1 N–H and O–H groups in total. The topological polar surface area (TPSA) is 46.2 Å². The van der Waals surface area contributed by atoms with E-state index in [0.717, 1.165) is 16.5 Å². The molecular formula is C15H15BrClNO2S. The summed E-state index contributed by atoms with van der Waals surface area (Å²) in [5.41, 5.74) is 2.13. The average molecular weight is 389 g/mol. The van der Waals surface area contributed by atoms with Gasteiger partial charge in [-0.05, 0) is 35.7 Å². The summed E-state index contributed by atoms with van der Waals surface area (Å²) in [5.74, 6) is 0. The lowest BCUT2D eigenvalue weighted by atomic mass is 10.1. The van der Waals surface area contributed by atoms with Gasteiger partial charge in [0.05, 0.1) is 5.02 Å². The zero-order valence-electron chi connectivity index (χ0n) is 11.4. The Kier molecular flexibility index (Phi) is 5.43. The molecule has 0 aliphatic carbocycles. The first-order valence-electron chi connectivity index (χ1n) is 6.45. The number of benzene rings is 2. The van der Waals surface area contributed by atoms with Gasteiger partial charge in [0.2, 0.25) is 10.0 Å². The average Bonchev–Trinajstić information content (AvgIpc) is 2.45. The minimum absolute atomic E-state index is 0.0811. The Bertz CT molecular complexity index is 730. The Morgan fingerprint density at radius 1 is 1.10 bits per heavy atom. The predicted molar refractivity (Wildman–Crippen MR) is 89.0 cm³/mol. The summed E-state index contributed by atoms with van der Waals surface area (Å²) in [5, 5.41) is 0.193. The predicted octanol–water partition coefficient (Wildman–Crippen LogP) is 4.14. The van der Waals surface area contributed by atoms with Crippen LogP contribution in [-0.2, 0) is 23.0 Å². The Balaban J connectivity index is 2.13. The zero-order chi connectivity index (χ0) is 15.5. The minimum Gasteiger partial charge on any atom is -0.207 e. The van der Waals surface area contributed by atoms with Gasteiger partial charge in [0, 0.05) is 11.0 Å². The van der Waals surface area contributed by atoms with Crippen LogP contribution in [0, 0.1) is 0 Å². The van der Waals surface area contributed by atoms with Crippen LogP contribution in [-0.4, -0.2) is 8.42 Å². The summed E-state index contributed by atoms with van der Waals surface area (Å²) >= 11 is 9.24. The van der Waals surface area contributed by atoms with Gasteiger partial charge in [-0.3, -0.25) is 0 Å². The molecule has 3 nitrogen and oxygen atoms in total. The molecule has 112 valence electrons. The molecule has 0 aliphatic heterocycles. The van der Waals surface area contributed by atoms with E-state index in [9.17, 15) is 8.42 Å². The van der Waals surface area contributed by atoms with Crippen LogP contribution in [0.1, 0.15) is 18.1 Å². The van der Waals surface area contributed by atoms with Crippen LogP contribution in [0.4, 0.5) is 0 Å². The molecule has 21 heavy (non-hydrogen) atoms. The van der Waals surface area contributed by atoms with Crippen molar-refractivity contribution in [3.8, 4) is 0 Å². The van der Waals surface area contributed by atoms with Crippen molar-refractivity contribution in [1.82, 2.24) is 4.72 Å². The molecule has 0 saturated heterocycles. The molecule has 0 heterocycles. The van der Waals surface area contributed by atoms with E-state index in [0.29, 0.717) is 0 Å². The van der Waals surface area contributed by atoms with Crippen LogP contribution < -0.4 is 4.72 Å². The van der Waals surface area contributed by atoms with E-state index in [-0.39, 0.29) is 16.5 Å². The summed E-state index contributed by atoms with van der Waals surface area (Å²) < 4.78 is 27.8. The second kappa shape index (κ2) is 6.92. The maximum absolute atomic E-state index is 12.2. The van der Waals surface area contributed by atoms with E-state index in [1.807, 2.05) is 24.3 Å². The van der Waals surface area contributed by atoms with E-state index in [1.165, 1.54) is 11.6 Å². The van der Waals surface area contributed by atoms with Crippen molar-refractivity contribution in [2.24, 2.45) is 0 Å². The van der Waals surface area contributed by atoms with Gasteiger partial charge in [0.1, 0.15) is 4.90 Å². The zero-order valence-corrected chi connectivity index (χ0v) is 14.6. The summed E-state index contributed by atoms with van der Waals surface area (Å²) in [6, 6.07) is 12.5. The molecule has 0 amide bonds. The van der Waals surface area contributed by atoms with Crippen molar-refractivity contribution in [3.05, 3.63) is 63.1 Å². The van der Waals surface area contributed by atoms with Gasteiger partial charge >= 0.3 is 0 Å². The smallest absolute Gasteiger partial charge is 0.207 e. The lowest BCUT2D eigenvalue weighted by Crippen LogP contribution is -2.23. The van der Waals surface area contributed by atoms with Gasteiger partial charge in [0.25, 0.3) is 0 Å². The van der Waals surface area contributed by atoms with E-state index >= 15 is 0 Å². The van der Waals surface area contributed by atoms with Crippen LogP contribution in [0.15, 0.2) is 51.8 Å². The Morgan fingerprint density at radius 2 is 1.71 bits per heavy atom. The number of halogens is 2. The Labute approximate surface area is 138 Å². The van der Waals surface area contributed by atoms with Crippen LogP contribution in [0.3, 0.4) is 0 Å². The van der Waals surface area contributed by atoms with Gasteiger partial charge in [-0.2, -0.15) is 0 Å². The van der Waals surface area contributed by atoms with Crippen molar-refractivity contribution >= 4 is 37.6 Å². The molecule has 0 aliphatic rings. The number of sulfonamides is 1. The Hall–Kier alpha value is -0.880. The quantitative estimate of drug-likeness (QED) is 0.836. The number of hydrogen-bond donors (Lipinski definition) is 1. The molecule has 2 rings (SSSR count). The third kappa shape index (κ3) is 4.30. The highest BCUT2D eigenvalue weighted by molar-refractivity contribution is 9.10. The molecule has 0 bridgehead atoms. The maximum atomic E-state index is 12.2. The fraction of sp³-hybridized carbons (Fsp3) is 0.200. The molecule has 6 heteroatoms. The summed E-state index contributed by atoms with van der Waals surface area (Å²) in [4.78, 5) is 0.0811. The van der Waals surface area contributed by atoms with Crippen molar-refractivity contribution < 1.29 is 8.42 Å². The van der Waals surface area contributed by atoms with Crippen LogP contribution in [0.5, 0.6) is 0 Å². The van der Waals surface area contributed by atoms with Gasteiger partial charge in [-0.1, -0.05) is 58.7 Å². The molecule has 0 saturated carbocycles. The lowest BCUT2D eigenvalue weighted by molar-refractivity contribution is 0.581. The van der Waals surface area contributed by atoms with Gasteiger partial charge in [-0.15, -0.1) is 0 Å². The van der Waals surface area contributed by atoms with E-state index in [2.05, 4.69) is 27.6 Å². The lowest BCUT2D eigenvalue weighted by Gasteiger charge is -2.09. The number of aryl methyl sites for hydroxylation is 1. The van der Waals surface area contributed by atoms with Gasteiger partial charge < -0.3 is 0 Å². The number of hydrogen-bond acceptors (Lipinski definition) is 2. The fourth-order valence-electron chi connectivity index (χ4n) is 1.84. The highest BCUT2D eigenvalue weighted by Crippen LogP contribution is 2.25. The van der Waals surface area contributed by atoms with Gasteiger partial charge in [0.15, 0.2) is 0 Å². The molecule has 0 aromatic heterocycles. The van der Waals surface area contributed by atoms with Crippen molar-refractivity contribution in [3.63, 3.8) is 0 Å². The molecule has 0 unspecified atom stereocenters. The van der Waals surface area contributed by atoms with E-state index < -0.39 is 10.0 Å². The molecule has 2 aromatic carbocycles. The Morgan fingerprint density at radius 3 is 2.29 bits per heavy atom. The normalized spacial score (nSPS) is 11.6. The van der Waals surface area contributed by atoms with Crippen molar-refractivity contribution in [2.45, 2.75) is 24.8 Å². The largest absolute Gasteiger partial charge is 0.242 e. The molecule has 0 atom stereocenters.